The van der Waals surface area contributed by atoms with Crippen molar-refractivity contribution in [1.82, 2.24) is 0 Å². The first-order chi connectivity index (χ1) is 6.12. The molecule has 0 bridgehead atoms. The van der Waals surface area contributed by atoms with E-state index < -0.39 is 5.97 Å². The third-order valence-corrected chi connectivity index (χ3v) is 1.23. The maximum atomic E-state index is 9.25. The molecule has 0 aliphatic carbocycles. The molecule has 0 aromatic carbocycles. The number of carboxylic acid groups (broad SMARTS) is 1. The Balaban J connectivity index is 0. The molecular weight excluding hydrogens is 176 g/mol. The third-order valence-electron chi connectivity index (χ3n) is 1.23. The second-order valence-corrected chi connectivity index (χ2v) is 2.29. The van der Waals surface area contributed by atoms with E-state index in [0.717, 1.165) is 6.08 Å². The molecule has 0 saturated heterocycles. The summed E-state index contributed by atoms with van der Waals surface area (Å²) in [4.78, 5) is 9.25. The Bertz CT molecular complexity index is 130. The second kappa shape index (κ2) is 11.1. The molecule has 13 heavy (non-hydrogen) atoms. The van der Waals surface area contributed by atoms with Crippen LogP contribution >= 0.6 is 0 Å². The first-order valence-corrected chi connectivity index (χ1v) is 3.80. The van der Waals surface area contributed by atoms with Crippen LogP contribution in [0.1, 0.15) is 6.42 Å². The van der Waals surface area contributed by atoms with Gasteiger partial charge in [0.05, 0.1) is 0 Å². The van der Waals surface area contributed by atoms with Gasteiger partial charge in [0.1, 0.15) is 0 Å². The molecule has 0 fully saturated rings. The SMILES string of the molecule is C=CC(=O)O.OCCC(CO)CO. The van der Waals surface area contributed by atoms with Gasteiger partial charge in [-0.25, -0.2) is 4.79 Å². The Morgan fingerprint density at radius 2 is 1.69 bits per heavy atom. The largest absolute Gasteiger partial charge is 0.478 e. The zero-order valence-corrected chi connectivity index (χ0v) is 7.39. The molecule has 0 spiro atoms. The molecular formula is C8H16O5. The maximum Gasteiger partial charge on any atom is 0.327 e. The van der Waals surface area contributed by atoms with Crippen LogP contribution in [0.5, 0.6) is 0 Å². The molecule has 5 nitrogen and oxygen atoms in total. The second-order valence-electron chi connectivity index (χ2n) is 2.29. The van der Waals surface area contributed by atoms with Crippen LogP contribution in [0, 0.1) is 5.92 Å². The Labute approximate surface area is 76.9 Å². The van der Waals surface area contributed by atoms with Crippen molar-refractivity contribution in [2.75, 3.05) is 19.8 Å². The van der Waals surface area contributed by atoms with Gasteiger partial charge in [0, 0.05) is 31.8 Å². The molecule has 0 unspecified atom stereocenters. The molecule has 0 amide bonds. The first-order valence-electron chi connectivity index (χ1n) is 3.80. The molecule has 0 atom stereocenters. The van der Waals surface area contributed by atoms with E-state index >= 15 is 0 Å². The monoisotopic (exact) mass is 192 g/mol. The minimum Gasteiger partial charge on any atom is -0.478 e. The molecule has 0 rings (SSSR count). The average Bonchev–Trinajstić information content (AvgIpc) is 2.15. The zero-order valence-electron chi connectivity index (χ0n) is 7.39. The van der Waals surface area contributed by atoms with E-state index in [4.69, 9.17) is 20.4 Å². The number of aliphatic carboxylic acids is 1. The molecule has 0 aliphatic heterocycles. The van der Waals surface area contributed by atoms with Crippen molar-refractivity contribution in [2.24, 2.45) is 5.92 Å². The van der Waals surface area contributed by atoms with Gasteiger partial charge in [0.15, 0.2) is 0 Å². The first kappa shape index (κ1) is 14.6. The average molecular weight is 192 g/mol. The lowest BCUT2D eigenvalue weighted by Crippen LogP contribution is -2.12. The highest BCUT2D eigenvalue weighted by Crippen LogP contribution is 1.97. The van der Waals surface area contributed by atoms with Crippen molar-refractivity contribution >= 4 is 5.97 Å². The molecule has 0 heterocycles. The van der Waals surface area contributed by atoms with E-state index in [2.05, 4.69) is 6.58 Å². The molecule has 0 aromatic heterocycles. The standard InChI is InChI=1S/C5H12O3.C3H4O2/c6-2-1-5(3-7)4-8;1-2-3(4)5/h5-8H,1-4H2;2H,1H2,(H,4,5). The van der Waals surface area contributed by atoms with Crippen LogP contribution in [0.2, 0.25) is 0 Å². The lowest BCUT2D eigenvalue weighted by atomic mass is 10.1. The quantitative estimate of drug-likeness (QED) is 0.429. The fourth-order valence-corrected chi connectivity index (χ4v) is 0.423. The van der Waals surface area contributed by atoms with Gasteiger partial charge < -0.3 is 20.4 Å². The van der Waals surface area contributed by atoms with Crippen molar-refractivity contribution in [3.63, 3.8) is 0 Å². The van der Waals surface area contributed by atoms with Gasteiger partial charge in [0.25, 0.3) is 0 Å². The molecule has 0 aliphatic rings. The number of carbonyl (C=O) groups is 1. The molecule has 78 valence electrons. The number of aliphatic hydroxyl groups excluding tert-OH is 3. The lowest BCUT2D eigenvalue weighted by molar-refractivity contribution is -0.131. The van der Waals surface area contributed by atoms with E-state index in [-0.39, 0.29) is 25.7 Å². The van der Waals surface area contributed by atoms with Crippen LogP contribution in [0.25, 0.3) is 0 Å². The predicted molar refractivity (Wildman–Crippen MR) is 47.2 cm³/mol. The van der Waals surface area contributed by atoms with Crippen LogP contribution < -0.4 is 0 Å². The van der Waals surface area contributed by atoms with E-state index in [1.807, 2.05) is 0 Å². The third kappa shape index (κ3) is 14.0. The Hall–Kier alpha value is -0.910. The van der Waals surface area contributed by atoms with Crippen molar-refractivity contribution in [3.05, 3.63) is 12.7 Å². The van der Waals surface area contributed by atoms with Gasteiger partial charge in [-0.1, -0.05) is 6.58 Å². The minimum absolute atomic E-state index is 0.0335. The molecule has 0 aromatic rings. The molecule has 5 heteroatoms. The van der Waals surface area contributed by atoms with E-state index in [0.29, 0.717) is 6.42 Å². The molecule has 0 radical (unpaired) electrons. The smallest absolute Gasteiger partial charge is 0.327 e. The Morgan fingerprint density at radius 1 is 1.31 bits per heavy atom. The summed E-state index contributed by atoms with van der Waals surface area (Å²) < 4.78 is 0. The number of carboxylic acids is 1. The van der Waals surface area contributed by atoms with E-state index in [1.165, 1.54) is 0 Å². The maximum absolute atomic E-state index is 9.25. The fraction of sp³-hybridized carbons (Fsp3) is 0.625. The number of rotatable bonds is 5. The summed E-state index contributed by atoms with van der Waals surface area (Å²) in [6, 6.07) is 0. The Kier molecular flexibility index (Phi) is 12.5. The fourth-order valence-electron chi connectivity index (χ4n) is 0.423. The summed E-state index contributed by atoms with van der Waals surface area (Å²) >= 11 is 0. The molecule has 0 saturated carbocycles. The van der Waals surface area contributed by atoms with Gasteiger partial charge in [-0.05, 0) is 6.42 Å². The van der Waals surface area contributed by atoms with Crippen LogP contribution in [-0.4, -0.2) is 46.2 Å². The van der Waals surface area contributed by atoms with Crippen molar-refractivity contribution in [3.8, 4) is 0 Å². The van der Waals surface area contributed by atoms with Crippen molar-refractivity contribution in [2.45, 2.75) is 6.42 Å². The summed E-state index contributed by atoms with van der Waals surface area (Å²) in [7, 11) is 0. The number of aliphatic hydroxyl groups is 3. The van der Waals surface area contributed by atoms with E-state index in [9.17, 15) is 4.79 Å². The lowest BCUT2D eigenvalue weighted by Gasteiger charge is -2.06. The predicted octanol–water partition coefficient (Wildman–Crippen LogP) is -0.773. The van der Waals surface area contributed by atoms with Gasteiger partial charge >= 0.3 is 5.97 Å². The summed E-state index contributed by atoms with van der Waals surface area (Å²) in [5, 5.41) is 32.7. The summed E-state index contributed by atoms with van der Waals surface area (Å²) in [6.07, 6.45) is 1.31. The summed E-state index contributed by atoms with van der Waals surface area (Å²) in [5.41, 5.74) is 0. The number of hydrogen-bond acceptors (Lipinski definition) is 4. The van der Waals surface area contributed by atoms with Crippen molar-refractivity contribution < 1.29 is 25.2 Å². The van der Waals surface area contributed by atoms with Crippen LogP contribution in [0.3, 0.4) is 0 Å². The topological polar surface area (TPSA) is 98.0 Å². The van der Waals surface area contributed by atoms with Gasteiger partial charge in [0.2, 0.25) is 0 Å². The van der Waals surface area contributed by atoms with Gasteiger partial charge in [-0.3, -0.25) is 0 Å². The Morgan fingerprint density at radius 3 is 1.77 bits per heavy atom. The minimum atomic E-state index is -0.981. The zero-order chi connectivity index (χ0) is 10.7. The van der Waals surface area contributed by atoms with Crippen LogP contribution in [0.4, 0.5) is 0 Å². The highest BCUT2D eigenvalue weighted by Gasteiger charge is 2.02. The normalized spacial score (nSPS) is 8.92. The summed E-state index contributed by atoms with van der Waals surface area (Å²) in [6.45, 7) is 2.90. The van der Waals surface area contributed by atoms with Gasteiger partial charge in [-0.15, -0.1) is 0 Å². The highest BCUT2D eigenvalue weighted by atomic mass is 16.4. The van der Waals surface area contributed by atoms with Gasteiger partial charge in [-0.2, -0.15) is 0 Å². The van der Waals surface area contributed by atoms with Crippen LogP contribution in [0.15, 0.2) is 12.7 Å². The highest BCUT2D eigenvalue weighted by molar-refractivity contribution is 5.78. The molecule has 4 N–H and O–H groups in total. The van der Waals surface area contributed by atoms with E-state index in [1.54, 1.807) is 0 Å². The summed E-state index contributed by atoms with van der Waals surface area (Å²) in [5.74, 6) is -1.12. The van der Waals surface area contributed by atoms with Crippen molar-refractivity contribution in [1.29, 1.82) is 0 Å². The van der Waals surface area contributed by atoms with Crippen LogP contribution in [-0.2, 0) is 4.79 Å². The number of hydrogen-bond donors (Lipinski definition) is 4.